The number of hydrogen-bond donors (Lipinski definition) is 3. The average Bonchev–Trinajstić information content (AvgIpc) is 3.11. The highest BCUT2D eigenvalue weighted by Gasteiger charge is 2.64. The van der Waals surface area contributed by atoms with Crippen LogP contribution in [0.15, 0.2) is 0 Å². The molecule has 4 saturated carbocycles. The summed E-state index contributed by atoms with van der Waals surface area (Å²) in [6, 6.07) is 0. The fourth-order valence-electron chi connectivity index (χ4n) is 10.0. The highest BCUT2D eigenvalue weighted by atomic mass is 32.2. The largest absolute Gasteiger partial charge is 0.480 e. The predicted octanol–water partition coefficient (Wildman–Crippen LogP) is 4.53. The fraction of sp³-hybridized carbons (Fsp3) is 0.964. The summed E-state index contributed by atoms with van der Waals surface area (Å²) in [7, 11) is -3.54. The number of sulfone groups is 1. The van der Waals surface area contributed by atoms with Crippen molar-refractivity contribution in [3.63, 3.8) is 0 Å². The first-order chi connectivity index (χ1) is 16.3. The zero-order valence-corrected chi connectivity index (χ0v) is 23.0. The molecule has 35 heavy (non-hydrogen) atoms. The summed E-state index contributed by atoms with van der Waals surface area (Å²) < 4.78 is 24.1. The van der Waals surface area contributed by atoms with Crippen LogP contribution < -0.4 is 0 Å². The molecule has 0 aromatic rings. The van der Waals surface area contributed by atoms with Gasteiger partial charge >= 0.3 is 5.97 Å². The van der Waals surface area contributed by atoms with E-state index in [1.165, 1.54) is 6.42 Å². The van der Waals surface area contributed by atoms with Crippen molar-refractivity contribution in [1.29, 1.82) is 0 Å². The molecule has 0 saturated heterocycles. The number of carboxylic acid groups (broad SMARTS) is 1. The molecular weight excluding hydrogens is 464 g/mol. The number of hydrogen-bond acceptors (Lipinski definition) is 5. The number of carbonyl (C=O) groups is 1. The first-order valence-corrected chi connectivity index (χ1v) is 15.9. The standard InChI is InChI=1S/C28H48O6S/c1-5-19-23-15-18(29)10-12-28(23,4)22-11-13-27(3)20(8-9-21(27)25(22)26(19)32)17(2)7-6-14-35(33,34)16-24(30)31/h17-23,25-26,29,32H,5-16H2,1-4H3,(H,30,31)/t17-,18-,19-,20-,21+,22+,23+,25+,26-,27-,28-/m1/s1. The lowest BCUT2D eigenvalue weighted by Crippen LogP contribution is -2.62. The third-order valence-corrected chi connectivity index (χ3v) is 13.2. The molecule has 0 aromatic carbocycles. The minimum absolute atomic E-state index is 0.0519. The Bertz CT molecular complexity index is 888. The van der Waals surface area contributed by atoms with Crippen molar-refractivity contribution < 1.29 is 28.5 Å². The molecule has 0 bridgehead atoms. The molecule has 0 spiro atoms. The molecule has 4 aliphatic carbocycles. The fourth-order valence-corrected chi connectivity index (χ4v) is 11.1. The second kappa shape index (κ2) is 9.90. The lowest BCUT2D eigenvalue weighted by atomic mass is 9.41. The summed E-state index contributed by atoms with van der Waals surface area (Å²) in [6.45, 7) is 9.36. The minimum Gasteiger partial charge on any atom is -0.480 e. The van der Waals surface area contributed by atoms with E-state index in [0.29, 0.717) is 41.9 Å². The van der Waals surface area contributed by atoms with Crippen LogP contribution in [0.2, 0.25) is 0 Å². The van der Waals surface area contributed by atoms with Crippen LogP contribution in [0.5, 0.6) is 0 Å². The van der Waals surface area contributed by atoms with Gasteiger partial charge in [-0.15, -0.1) is 0 Å². The summed E-state index contributed by atoms with van der Waals surface area (Å²) in [4.78, 5) is 10.8. The van der Waals surface area contributed by atoms with E-state index in [9.17, 15) is 23.4 Å². The lowest BCUT2D eigenvalue weighted by Gasteiger charge is -2.64. The van der Waals surface area contributed by atoms with Gasteiger partial charge in [-0.05, 0) is 110 Å². The number of aliphatic hydroxyl groups is 2. The maximum atomic E-state index is 12.0. The minimum atomic E-state index is -3.54. The van der Waals surface area contributed by atoms with Gasteiger partial charge in [-0.3, -0.25) is 4.79 Å². The maximum absolute atomic E-state index is 12.0. The van der Waals surface area contributed by atoms with Crippen molar-refractivity contribution in [2.24, 2.45) is 52.3 Å². The Labute approximate surface area is 212 Å². The number of fused-ring (bicyclic) bond motifs is 5. The number of aliphatic carboxylic acids is 1. The zero-order chi connectivity index (χ0) is 25.8. The van der Waals surface area contributed by atoms with Crippen molar-refractivity contribution in [3.8, 4) is 0 Å². The van der Waals surface area contributed by atoms with E-state index >= 15 is 0 Å². The second-order valence-electron chi connectivity index (χ2n) is 13.2. The second-order valence-corrected chi connectivity index (χ2v) is 15.4. The number of carboxylic acids is 1. The Balaban J connectivity index is 1.49. The molecule has 11 atom stereocenters. The van der Waals surface area contributed by atoms with Crippen LogP contribution in [-0.2, 0) is 14.6 Å². The highest BCUT2D eigenvalue weighted by Crippen LogP contribution is 2.69. The quantitative estimate of drug-likeness (QED) is 0.441. The van der Waals surface area contributed by atoms with Gasteiger partial charge in [0.05, 0.1) is 18.0 Å². The molecule has 4 rings (SSSR count). The normalized spacial score (nSPS) is 46.3. The Morgan fingerprint density at radius 3 is 2.31 bits per heavy atom. The third kappa shape index (κ3) is 4.83. The Hall–Kier alpha value is -0.660. The van der Waals surface area contributed by atoms with Crippen molar-refractivity contribution in [1.82, 2.24) is 0 Å². The molecule has 0 radical (unpaired) electrons. The predicted molar refractivity (Wildman–Crippen MR) is 136 cm³/mol. The summed E-state index contributed by atoms with van der Waals surface area (Å²) >= 11 is 0. The Kier molecular flexibility index (Phi) is 7.75. The van der Waals surface area contributed by atoms with Gasteiger partial charge in [-0.25, -0.2) is 8.42 Å². The molecule has 202 valence electrons. The van der Waals surface area contributed by atoms with E-state index in [-0.39, 0.29) is 34.7 Å². The molecule has 7 heteroatoms. The van der Waals surface area contributed by atoms with Crippen LogP contribution in [0.25, 0.3) is 0 Å². The van der Waals surface area contributed by atoms with Gasteiger partial charge in [-0.1, -0.05) is 34.1 Å². The van der Waals surface area contributed by atoms with Gasteiger partial charge in [0.15, 0.2) is 9.84 Å². The topological polar surface area (TPSA) is 112 Å². The zero-order valence-electron chi connectivity index (χ0n) is 22.2. The summed E-state index contributed by atoms with van der Waals surface area (Å²) in [5.41, 5.74) is 0.366. The molecule has 3 N–H and O–H groups in total. The van der Waals surface area contributed by atoms with Gasteiger partial charge < -0.3 is 15.3 Å². The van der Waals surface area contributed by atoms with Crippen molar-refractivity contribution >= 4 is 15.8 Å². The van der Waals surface area contributed by atoms with Crippen LogP contribution in [0, 0.1) is 52.3 Å². The number of rotatable bonds is 8. The molecule has 0 aliphatic heterocycles. The van der Waals surface area contributed by atoms with Crippen LogP contribution in [0.3, 0.4) is 0 Å². The van der Waals surface area contributed by atoms with Crippen molar-refractivity contribution in [2.45, 2.75) is 104 Å². The van der Waals surface area contributed by atoms with E-state index in [1.807, 2.05) is 0 Å². The monoisotopic (exact) mass is 512 g/mol. The van der Waals surface area contributed by atoms with E-state index in [1.54, 1.807) is 0 Å². The van der Waals surface area contributed by atoms with Crippen LogP contribution in [0.4, 0.5) is 0 Å². The molecule has 6 nitrogen and oxygen atoms in total. The molecule has 0 unspecified atom stereocenters. The van der Waals surface area contributed by atoms with Crippen molar-refractivity contribution in [2.75, 3.05) is 11.5 Å². The van der Waals surface area contributed by atoms with Gasteiger partial charge in [0, 0.05) is 0 Å². The molecule has 4 aliphatic rings. The van der Waals surface area contributed by atoms with Crippen LogP contribution in [0.1, 0.15) is 91.9 Å². The van der Waals surface area contributed by atoms with Crippen LogP contribution >= 0.6 is 0 Å². The summed E-state index contributed by atoms with van der Waals surface area (Å²) in [6.07, 6.45) is 9.13. The SMILES string of the molecule is CC[C@H]1[C@@H](O)[C@@H]2[C@H](CC[C@]3(C)[C@@H]([C@H](C)CCCS(=O)(=O)CC(=O)O)CC[C@@H]23)[C@@]2(C)CC[C@@H](O)C[C@@H]12. The number of aliphatic hydroxyl groups excluding tert-OH is 2. The summed E-state index contributed by atoms with van der Waals surface area (Å²) in [5.74, 6) is 0.799. The Morgan fingerprint density at radius 2 is 1.66 bits per heavy atom. The van der Waals surface area contributed by atoms with Gasteiger partial charge in [-0.2, -0.15) is 0 Å². The van der Waals surface area contributed by atoms with E-state index in [2.05, 4.69) is 27.7 Å². The molecule has 4 fully saturated rings. The molecular formula is C28H48O6S. The van der Waals surface area contributed by atoms with Crippen LogP contribution in [-0.4, -0.2) is 53.4 Å². The van der Waals surface area contributed by atoms with E-state index in [0.717, 1.165) is 51.4 Å². The first kappa shape index (κ1) is 27.4. The highest BCUT2D eigenvalue weighted by molar-refractivity contribution is 7.92. The van der Waals surface area contributed by atoms with Gasteiger partial charge in [0.1, 0.15) is 5.75 Å². The summed E-state index contributed by atoms with van der Waals surface area (Å²) in [5, 5.41) is 31.1. The molecule has 0 amide bonds. The molecule has 0 heterocycles. The van der Waals surface area contributed by atoms with E-state index < -0.39 is 21.6 Å². The average molecular weight is 513 g/mol. The third-order valence-electron chi connectivity index (χ3n) is 11.6. The maximum Gasteiger partial charge on any atom is 0.318 e. The van der Waals surface area contributed by atoms with Gasteiger partial charge in [0.2, 0.25) is 0 Å². The smallest absolute Gasteiger partial charge is 0.318 e. The Morgan fingerprint density at radius 1 is 1.00 bits per heavy atom. The molecule has 0 aromatic heterocycles. The van der Waals surface area contributed by atoms with E-state index in [4.69, 9.17) is 5.11 Å². The van der Waals surface area contributed by atoms with Gasteiger partial charge in [0.25, 0.3) is 0 Å². The van der Waals surface area contributed by atoms with Crippen molar-refractivity contribution in [3.05, 3.63) is 0 Å². The lowest BCUT2D eigenvalue weighted by molar-refractivity contribution is -0.203. The first-order valence-electron chi connectivity index (χ1n) is 14.1.